The van der Waals surface area contributed by atoms with E-state index in [1.54, 1.807) is 0 Å². The highest BCUT2D eigenvalue weighted by Gasteiger charge is 2.02. The number of esters is 1. The van der Waals surface area contributed by atoms with E-state index in [1.807, 2.05) is 0 Å². The summed E-state index contributed by atoms with van der Waals surface area (Å²) < 4.78 is 5.32. The number of carbonyl (C=O) groups excluding carboxylic acids is 1. The van der Waals surface area contributed by atoms with Gasteiger partial charge in [-0.15, -0.1) is 11.8 Å². The zero-order valence-corrected chi connectivity index (χ0v) is 15.8. The van der Waals surface area contributed by atoms with Crippen LogP contribution in [0, 0.1) is 11.8 Å². The molecule has 0 atom stereocenters. The van der Waals surface area contributed by atoms with Crippen molar-refractivity contribution in [2.75, 3.05) is 6.61 Å². The Bertz CT molecular complexity index is 351. The minimum Gasteiger partial charge on any atom is -0.466 e. The summed E-state index contributed by atoms with van der Waals surface area (Å²) in [5, 5.41) is 0. The van der Waals surface area contributed by atoms with Crippen LogP contribution in [0.4, 0.5) is 0 Å². The predicted octanol–water partition coefficient (Wildman–Crippen LogP) is 6.57. The molecule has 0 saturated heterocycles. The van der Waals surface area contributed by atoms with Crippen molar-refractivity contribution >= 4 is 5.97 Å². The monoisotopic (exact) mass is 334 g/mol. The first-order valence-corrected chi connectivity index (χ1v) is 10.5. The molecule has 0 radical (unpaired) electrons. The molecule has 0 saturated carbocycles. The smallest absolute Gasteiger partial charge is 0.305 e. The van der Waals surface area contributed by atoms with Crippen LogP contribution >= 0.6 is 0 Å². The van der Waals surface area contributed by atoms with Crippen molar-refractivity contribution in [2.45, 2.75) is 116 Å². The number of cyclic esters (lactones) is 1. The molecule has 138 valence electrons. The maximum Gasteiger partial charge on any atom is 0.305 e. The summed E-state index contributed by atoms with van der Waals surface area (Å²) in [4.78, 5) is 11.6. The summed E-state index contributed by atoms with van der Waals surface area (Å²) in [5.41, 5.74) is 0. The van der Waals surface area contributed by atoms with Gasteiger partial charge in [0.05, 0.1) is 6.61 Å². The van der Waals surface area contributed by atoms with Crippen molar-refractivity contribution in [1.82, 2.24) is 0 Å². The van der Waals surface area contributed by atoms with Gasteiger partial charge in [0, 0.05) is 19.3 Å². The van der Waals surface area contributed by atoms with E-state index < -0.39 is 0 Å². The average molecular weight is 335 g/mol. The average Bonchev–Trinajstić information content (AvgIpc) is 2.58. The zero-order chi connectivity index (χ0) is 17.1. The molecule has 0 amide bonds. The Hall–Kier alpha value is -0.970. The second-order valence-corrected chi connectivity index (χ2v) is 7.13. The van der Waals surface area contributed by atoms with E-state index in [4.69, 9.17) is 4.74 Å². The molecule has 0 aromatic heterocycles. The fourth-order valence-corrected chi connectivity index (χ4v) is 3.18. The summed E-state index contributed by atoms with van der Waals surface area (Å²) in [7, 11) is 0. The first kappa shape index (κ1) is 21.1. The van der Waals surface area contributed by atoms with Crippen LogP contribution in [0.25, 0.3) is 0 Å². The van der Waals surface area contributed by atoms with E-state index in [2.05, 4.69) is 11.8 Å². The van der Waals surface area contributed by atoms with Crippen molar-refractivity contribution in [3.05, 3.63) is 0 Å². The second kappa shape index (κ2) is 16.9. The fourth-order valence-electron chi connectivity index (χ4n) is 3.18. The van der Waals surface area contributed by atoms with Gasteiger partial charge >= 0.3 is 5.97 Å². The molecule has 1 aliphatic rings. The van der Waals surface area contributed by atoms with Gasteiger partial charge in [0.2, 0.25) is 0 Å². The minimum absolute atomic E-state index is 0.00645. The molecule has 0 aromatic carbocycles. The highest BCUT2D eigenvalue weighted by atomic mass is 16.5. The number of carbonyl (C=O) groups is 1. The Balaban J connectivity index is 2.14. The SMILES string of the molecule is O=C1CCCCCCCCCC#CCCCCCCCCCCO1. The van der Waals surface area contributed by atoms with Gasteiger partial charge in [-0.1, -0.05) is 70.6 Å². The third-order valence-corrected chi connectivity index (χ3v) is 4.77. The highest BCUT2D eigenvalue weighted by Crippen LogP contribution is 2.12. The number of ether oxygens (including phenoxy) is 1. The maximum absolute atomic E-state index is 11.6. The molecule has 0 unspecified atom stereocenters. The van der Waals surface area contributed by atoms with Gasteiger partial charge in [0.25, 0.3) is 0 Å². The molecule has 1 heterocycles. The third-order valence-electron chi connectivity index (χ3n) is 4.77. The molecule has 0 bridgehead atoms. The molecule has 0 N–H and O–H groups in total. The zero-order valence-electron chi connectivity index (χ0n) is 15.8. The van der Waals surface area contributed by atoms with E-state index in [-0.39, 0.29) is 5.97 Å². The van der Waals surface area contributed by atoms with Gasteiger partial charge in [-0.25, -0.2) is 0 Å². The maximum atomic E-state index is 11.6. The summed E-state index contributed by atoms with van der Waals surface area (Å²) in [6, 6.07) is 0. The van der Waals surface area contributed by atoms with Crippen LogP contribution in [0.3, 0.4) is 0 Å². The lowest BCUT2D eigenvalue weighted by atomic mass is 10.1. The van der Waals surface area contributed by atoms with Gasteiger partial charge in [-0.2, -0.15) is 0 Å². The topological polar surface area (TPSA) is 26.3 Å². The van der Waals surface area contributed by atoms with E-state index in [1.165, 1.54) is 77.0 Å². The van der Waals surface area contributed by atoms with E-state index >= 15 is 0 Å². The lowest BCUT2D eigenvalue weighted by Crippen LogP contribution is -2.05. The molecule has 1 aliphatic heterocycles. The molecule has 0 fully saturated rings. The summed E-state index contributed by atoms with van der Waals surface area (Å²) in [6.07, 6.45) is 21.4. The molecule has 0 aliphatic carbocycles. The molecule has 0 spiro atoms. The Kier molecular flexibility index (Phi) is 14.8. The molecule has 0 aromatic rings. The molecule has 2 nitrogen and oxygen atoms in total. The summed E-state index contributed by atoms with van der Waals surface area (Å²) in [5.74, 6) is 6.68. The highest BCUT2D eigenvalue weighted by molar-refractivity contribution is 5.69. The Morgan fingerprint density at radius 1 is 0.542 bits per heavy atom. The molecular formula is C22H38O2. The van der Waals surface area contributed by atoms with E-state index in [9.17, 15) is 4.79 Å². The van der Waals surface area contributed by atoms with Crippen LogP contribution < -0.4 is 0 Å². The second-order valence-electron chi connectivity index (χ2n) is 7.13. The van der Waals surface area contributed by atoms with Gasteiger partial charge in [0.15, 0.2) is 0 Å². The van der Waals surface area contributed by atoms with Gasteiger partial charge in [-0.05, 0) is 25.7 Å². The van der Waals surface area contributed by atoms with Gasteiger partial charge in [0.1, 0.15) is 0 Å². The molecule has 2 heteroatoms. The van der Waals surface area contributed by atoms with Crippen LogP contribution in [-0.4, -0.2) is 12.6 Å². The van der Waals surface area contributed by atoms with E-state index in [0.717, 1.165) is 32.1 Å². The lowest BCUT2D eigenvalue weighted by molar-refractivity contribution is -0.143. The number of rotatable bonds is 0. The van der Waals surface area contributed by atoms with Crippen molar-refractivity contribution in [3.8, 4) is 11.8 Å². The molecule has 24 heavy (non-hydrogen) atoms. The number of hydrogen-bond acceptors (Lipinski definition) is 2. The summed E-state index contributed by atoms with van der Waals surface area (Å²) >= 11 is 0. The van der Waals surface area contributed by atoms with Crippen LogP contribution in [0.1, 0.15) is 116 Å². The van der Waals surface area contributed by atoms with Crippen LogP contribution in [0.5, 0.6) is 0 Å². The first-order valence-electron chi connectivity index (χ1n) is 10.5. The molecule has 1 rings (SSSR count). The van der Waals surface area contributed by atoms with Crippen LogP contribution in [0.2, 0.25) is 0 Å². The number of hydrogen-bond donors (Lipinski definition) is 0. The quantitative estimate of drug-likeness (QED) is 0.370. The Morgan fingerprint density at radius 3 is 1.50 bits per heavy atom. The van der Waals surface area contributed by atoms with Crippen molar-refractivity contribution in [1.29, 1.82) is 0 Å². The fraction of sp³-hybridized carbons (Fsp3) is 0.864. The lowest BCUT2D eigenvalue weighted by Gasteiger charge is -2.05. The summed E-state index contributed by atoms with van der Waals surface area (Å²) in [6.45, 7) is 0.623. The van der Waals surface area contributed by atoms with Crippen LogP contribution in [-0.2, 0) is 9.53 Å². The normalized spacial score (nSPS) is 21.9. The largest absolute Gasteiger partial charge is 0.466 e. The van der Waals surface area contributed by atoms with Gasteiger partial charge < -0.3 is 4.74 Å². The predicted molar refractivity (Wildman–Crippen MR) is 102 cm³/mol. The minimum atomic E-state index is 0.00645. The van der Waals surface area contributed by atoms with Crippen molar-refractivity contribution in [3.63, 3.8) is 0 Å². The van der Waals surface area contributed by atoms with Gasteiger partial charge in [-0.3, -0.25) is 4.79 Å². The van der Waals surface area contributed by atoms with Crippen LogP contribution in [0.15, 0.2) is 0 Å². The van der Waals surface area contributed by atoms with Crippen molar-refractivity contribution < 1.29 is 9.53 Å². The van der Waals surface area contributed by atoms with Crippen molar-refractivity contribution in [2.24, 2.45) is 0 Å². The first-order chi connectivity index (χ1) is 11.9. The third kappa shape index (κ3) is 14.6. The molecular weight excluding hydrogens is 296 g/mol. The van der Waals surface area contributed by atoms with E-state index in [0.29, 0.717) is 13.0 Å². The Labute approximate surface area is 150 Å². The Morgan fingerprint density at radius 2 is 0.958 bits per heavy atom. The standard InChI is InChI=1S/C22H38O2/c23-22-20-18-16-14-12-10-8-6-4-2-1-3-5-7-9-11-13-15-17-19-21-24-22/h3-21H2.